The fraction of sp³-hybridized carbons (Fsp3) is 0.294. The van der Waals surface area contributed by atoms with Gasteiger partial charge in [-0.2, -0.15) is 22.5 Å². The zero-order valence-electron chi connectivity index (χ0n) is 14.8. The Hall–Kier alpha value is -2.75. The molecule has 0 aliphatic carbocycles. The largest absolute Gasteiger partial charge is 0.417 e. The van der Waals surface area contributed by atoms with E-state index in [-0.39, 0.29) is 11.5 Å². The molecular formula is C17H17F3N6S. The Labute approximate surface area is 158 Å². The minimum absolute atomic E-state index is 0.210. The average molecular weight is 394 g/mol. The van der Waals surface area contributed by atoms with Crippen LogP contribution < -0.4 is 10.6 Å². The number of anilines is 3. The Morgan fingerprint density at radius 3 is 2.59 bits per heavy atom. The molecular weight excluding hydrogens is 377 g/mol. The highest BCUT2D eigenvalue weighted by Gasteiger charge is 2.31. The molecule has 142 valence electrons. The van der Waals surface area contributed by atoms with Gasteiger partial charge in [-0.1, -0.05) is 13.8 Å². The van der Waals surface area contributed by atoms with Crippen LogP contribution in [0.15, 0.2) is 30.6 Å². The minimum atomic E-state index is -4.46. The smallest absolute Gasteiger partial charge is 0.385 e. The predicted molar refractivity (Wildman–Crippen MR) is 99.3 cm³/mol. The van der Waals surface area contributed by atoms with Gasteiger partial charge < -0.3 is 10.6 Å². The summed E-state index contributed by atoms with van der Waals surface area (Å²) in [5.74, 6) is 1.03. The number of rotatable bonds is 5. The molecule has 0 unspecified atom stereocenters. The van der Waals surface area contributed by atoms with Crippen molar-refractivity contribution < 1.29 is 13.2 Å². The molecule has 6 nitrogen and oxygen atoms in total. The number of pyridine rings is 2. The van der Waals surface area contributed by atoms with Crippen LogP contribution in [0.5, 0.6) is 0 Å². The van der Waals surface area contributed by atoms with Gasteiger partial charge in [0, 0.05) is 31.0 Å². The molecule has 3 heterocycles. The summed E-state index contributed by atoms with van der Waals surface area (Å²) in [5.41, 5.74) is 1.14. The second kappa shape index (κ2) is 7.47. The molecule has 0 spiro atoms. The van der Waals surface area contributed by atoms with Gasteiger partial charge in [-0.15, -0.1) is 0 Å². The molecule has 0 bridgehead atoms. The first kappa shape index (κ1) is 19.0. The van der Waals surface area contributed by atoms with Crippen molar-refractivity contribution in [2.24, 2.45) is 0 Å². The number of hydrogen-bond acceptors (Lipinski definition) is 7. The second-order valence-corrected chi connectivity index (χ2v) is 6.80. The van der Waals surface area contributed by atoms with Crippen molar-refractivity contribution >= 4 is 28.2 Å². The molecule has 0 saturated heterocycles. The highest BCUT2D eigenvalue weighted by atomic mass is 32.1. The molecule has 3 aromatic rings. The maximum Gasteiger partial charge on any atom is 0.417 e. The molecule has 0 aliphatic heterocycles. The fourth-order valence-corrected chi connectivity index (χ4v) is 2.89. The van der Waals surface area contributed by atoms with Crippen molar-refractivity contribution in [1.29, 1.82) is 0 Å². The van der Waals surface area contributed by atoms with Gasteiger partial charge in [-0.3, -0.25) is 4.98 Å². The zero-order valence-corrected chi connectivity index (χ0v) is 15.6. The molecule has 2 N–H and O–H groups in total. The van der Waals surface area contributed by atoms with Crippen LogP contribution >= 0.6 is 11.5 Å². The Balaban J connectivity index is 1.85. The van der Waals surface area contributed by atoms with E-state index < -0.39 is 11.7 Å². The summed E-state index contributed by atoms with van der Waals surface area (Å²) >= 11 is 1.08. The summed E-state index contributed by atoms with van der Waals surface area (Å²) in [5, 5.41) is 6.02. The van der Waals surface area contributed by atoms with Gasteiger partial charge in [-0.25, -0.2) is 4.98 Å². The van der Waals surface area contributed by atoms with Gasteiger partial charge in [-0.05, 0) is 29.7 Å². The minimum Gasteiger partial charge on any atom is -0.385 e. The molecule has 0 fully saturated rings. The SMILES string of the molecule is CNc1cc(C(F)(F)F)cnc1Nc1nc(-c2cc(C(C)C)ccn2)ns1. The average Bonchev–Trinajstić information content (AvgIpc) is 3.10. The highest BCUT2D eigenvalue weighted by Crippen LogP contribution is 2.34. The summed E-state index contributed by atoms with van der Waals surface area (Å²) in [6.45, 7) is 4.16. The van der Waals surface area contributed by atoms with Crippen LogP contribution in [0.3, 0.4) is 0 Å². The summed E-state index contributed by atoms with van der Waals surface area (Å²) in [6, 6.07) is 4.85. The number of hydrogen-bond donors (Lipinski definition) is 2. The van der Waals surface area contributed by atoms with Gasteiger partial charge in [0.1, 0.15) is 5.69 Å². The van der Waals surface area contributed by atoms with Crippen molar-refractivity contribution in [2.45, 2.75) is 25.9 Å². The van der Waals surface area contributed by atoms with Crippen LogP contribution in [0.4, 0.5) is 29.8 Å². The van der Waals surface area contributed by atoms with E-state index in [9.17, 15) is 13.2 Å². The third-order valence-corrected chi connectivity index (χ3v) is 4.45. The first-order valence-corrected chi connectivity index (χ1v) is 8.87. The number of nitrogens with one attached hydrogen (secondary N) is 2. The number of nitrogens with zero attached hydrogens (tertiary/aromatic N) is 4. The van der Waals surface area contributed by atoms with Gasteiger partial charge in [0.15, 0.2) is 11.6 Å². The van der Waals surface area contributed by atoms with E-state index in [1.807, 2.05) is 12.1 Å². The topological polar surface area (TPSA) is 75.6 Å². The van der Waals surface area contributed by atoms with Crippen molar-refractivity contribution in [1.82, 2.24) is 19.3 Å². The third-order valence-electron chi connectivity index (χ3n) is 3.82. The number of halogens is 3. The van der Waals surface area contributed by atoms with E-state index in [4.69, 9.17) is 0 Å². The maximum atomic E-state index is 12.8. The lowest BCUT2D eigenvalue weighted by Gasteiger charge is -2.12. The first-order chi connectivity index (χ1) is 12.8. The van der Waals surface area contributed by atoms with Gasteiger partial charge in [0.05, 0.1) is 11.3 Å². The first-order valence-electron chi connectivity index (χ1n) is 8.10. The van der Waals surface area contributed by atoms with Crippen LogP contribution in [0.1, 0.15) is 30.9 Å². The molecule has 3 aromatic heterocycles. The maximum absolute atomic E-state index is 12.8. The molecule has 0 saturated carbocycles. The summed E-state index contributed by atoms with van der Waals surface area (Å²) in [7, 11) is 1.52. The molecule has 10 heteroatoms. The molecule has 0 aromatic carbocycles. The van der Waals surface area contributed by atoms with Crippen molar-refractivity contribution in [3.8, 4) is 11.5 Å². The lowest BCUT2D eigenvalue weighted by atomic mass is 10.0. The summed E-state index contributed by atoms with van der Waals surface area (Å²) in [6.07, 6.45) is -1.98. The van der Waals surface area contributed by atoms with E-state index in [0.29, 0.717) is 22.6 Å². The lowest BCUT2D eigenvalue weighted by molar-refractivity contribution is -0.137. The van der Waals surface area contributed by atoms with Crippen LogP contribution in [0, 0.1) is 0 Å². The van der Waals surface area contributed by atoms with E-state index in [2.05, 4.69) is 43.8 Å². The summed E-state index contributed by atoms with van der Waals surface area (Å²) < 4.78 is 42.8. The monoisotopic (exact) mass is 394 g/mol. The fourth-order valence-electron chi connectivity index (χ4n) is 2.32. The van der Waals surface area contributed by atoms with Crippen LogP contribution in [0.2, 0.25) is 0 Å². The molecule has 0 atom stereocenters. The predicted octanol–water partition coefficient (Wildman–Crippen LogP) is 4.92. The lowest BCUT2D eigenvalue weighted by Crippen LogP contribution is -2.08. The van der Waals surface area contributed by atoms with Crippen molar-refractivity contribution in [2.75, 3.05) is 17.7 Å². The van der Waals surface area contributed by atoms with Gasteiger partial charge in [0.2, 0.25) is 5.13 Å². The van der Waals surface area contributed by atoms with Gasteiger partial charge >= 0.3 is 6.18 Å². The molecule has 0 amide bonds. The van der Waals surface area contributed by atoms with E-state index in [1.165, 1.54) is 7.05 Å². The van der Waals surface area contributed by atoms with Gasteiger partial charge in [0.25, 0.3) is 0 Å². The van der Waals surface area contributed by atoms with E-state index in [0.717, 1.165) is 29.4 Å². The summed E-state index contributed by atoms with van der Waals surface area (Å²) in [4.78, 5) is 12.5. The quantitative estimate of drug-likeness (QED) is 0.640. The van der Waals surface area contributed by atoms with Crippen molar-refractivity contribution in [3.63, 3.8) is 0 Å². The Kier molecular flexibility index (Phi) is 5.26. The molecule has 3 rings (SSSR count). The Morgan fingerprint density at radius 2 is 1.93 bits per heavy atom. The second-order valence-electron chi connectivity index (χ2n) is 6.05. The molecule has 27 heavy (non-hydrogen) atoms. The van der Waals surface area contributed by atoms with Crippen molar-refractivity contribution in [3.05, 3.63) is 41.7 Å². The van der Waals surface area contributed by atoms with E-state index >= 15 is 0 Å². The van der Waals surface area contributed by atoms with Crippen LogP contribution in [-0.4, -0.2) is 26.4 Å². The zero-order chi connectivity index (χ0) is 19.6. The Morgan fingerprint density at radius 1 is 1.15 bits per heavy atom. The molecule has 0 radical (unpaired) electrons. The van der Waals surface area contributed by atoms with E-state index in [1.54, 1.807) is 6.20 Å². The standard InChI is InChI=1S/C17H17F3N6S/c1-9(2)10-4-5-22-13(6-10)15-25-16(27-26-15)24-14-12(21-3)7-11(8-23-14)17(18,19)20/h4-9,21H,1-3H3,(H,23,24,25,26). The number of aromatic nitrogens is 4. The van der Waals surface area contributed by atoms with Crippen LogP contribution in [0.25, 0.3) is 11.5 Å². The third kappa shape index (κ3) is 4.33. The Bertz CT molecular complexity index is 938. The van der Waals surface area contributed by atoms with Crippen LogP contribution in [-0.2, 0) is 6.18 Å². The number of alkyl halides is 3. The highest BCUT2D eigenvalue weighted by molar-refractivity contribution is 7.09. The normalized spacial score (nSPS) is 11.7. The molecule has 0 aliphatic rings.